The summed E-state index contributed by atoms with van der Waals surface area (Å²) in [5, 5.41) is 0. The van der Waals surface area contributed by atoms with Crippen LogP contribution in [0, 0.1) is 47.9 Å². The van der Waals surface area contributed by atoms with E-state index in [4.69, 9.17) is 9.47 Å². The molecule has 0 atom stereocenters. The number of alkyl halides is 2. The second-order valence-electron chi connectivity index (χ2n) is 9.70. The first-order chi connectivity index (χ1) is 16.0. The van der Waals surface area contributed by atoms with Crippen molar-refractivity contribution in [2.75, 3.05) is 13.2 Å². The van der Waals surface area contributed by atoms with Crippen LogP contribution in [0.1, 0.15) is 61.2 Å². The molecule has 0 radical (unpaired) electrons. The zero-order chi connectivity index (χ0) is 24.6. The van der Waals surface area contributed by atoms with Crippen LogP contribution in [-0.2, 0) is 21.8 Å². The predicted octanol–water partition coefficient (Wildman–Crippen LogP) is 7.37. The Balaban J connectivity index is 1.47. The third-order valence-electron chi connectivity index (χ3n) is 7.12. The van der Waals surface area contributed by atoms with Gasteiger partial charge < -0.3 is 9.47 Å². The third kappa shape index (κ3) is 5.28. The monoisotopic (exact) mass is 486 g/mol. The fraction of sp³-hybridized carbons (Fsp3) is 0.538. The Morgan fingerprint density at radius 1 is 0.794 bits per heavy atom. The Morgan fingerprint density at radius 2 is 1.32 bits per heavy atom. The first-order valence-electron chi connectivity index (χ1n) is 11.6. The Labute approximate surface area is 195 Å². The van der Waals surface area contributed by atoms with Gasteiger partial charge in [-0.3, -0.25) is 0 Å². The number of rotatable bonds is 5. The van der Waals surface area contributed by atoms with Crippen LogP contribution in [0.2, 0.25) is 0 Å². The van der Waals surface area contributed by atoms with Crippen molar-refractivity contribution < 1.29 is 35.8 Å². The van der Waals surface area contributed by atoms with E-state index in [0.717, 1.165) is 56.9 Å². The lowest BCUT2D eigenvalue weighted by Gasteiger charge is -2.37. The van der Waals surface area contributed by atoms with E-state index in [1.54, 1.807) is 0 Å². The number of ether oxygens (including phenoxy) is 2. The molecule has 0 bridgehead atoms. The van der Waals surface area contributed by atoms with Gasteiger partial charge in [0.05, 0.1) is 18.8 Å². The van der Waals surface area contributed by atoms with Crippen LogP contribution < -0.4 is 0 Å². The van der Waals surface area contributed by atoms with Crippen LogP contribution in [0.4, 0.5) is 26.3 Å². The molecule has 0 aromatic heterocycles. The Morgan fingerprint density at radius 3 is 1.85 bits per heavy atom. The normalized spacial score (nSPS) is 26.0. The molecule has 0 amide bonds. The zero-order valence-corrected chi connectivity index (χ0v) is 19.2. The summed E-state index contributed by atoms with van der Waals surface area (Å²) in [6.07, 6.45) is 2.17. The average molecular weight is 486 g/mol. The molecule has 2 fully saturated rings. The molecule has 1 saturated heterocycles. The van der Waals surface area contributed by atoms with Gasteiger partial charge in [-0.25, -0.2) is 26.3 Å². The molecule has 8 heteroatoms. The summed E-state index contributed by atoms with van der Waals surface area (Å²) in [4.78, 5) is 0. The highest BCUT2D eigenvalue weighted by atomic mass is 19.3. The minimum absolute atomic E-state index is 0.0299. The van der Waals surface area contributed by atoms with E-state index in [9.17, 15) is 26.3 Å². The Hall–Kier alpha value is -2.06. The summed E-state index contributed by atoms with van der Waals surface area (Å²) in [7, 11) is 0. The highest BCUT2D eigenvalue weighted by molar-refractivity contribution is 5.33. The van der Waals surface area contributed by atoms with Gasteiger partial charge in [-0.1, -0.05) is 19.8 Å². The maximum absolute atomic E-state index is 14.8. The van der Waals surface area contributed by atoms with Crippen molar-refractivity contribution >= 4 is 0 Å². The predicted molar refractivity (Wildman–Crippen MR) is 114 cm³/mol. The second-order valence-corrected chi connectivity index (χ2v) is 9.70. The van der Waals surface area contributed by atoms with E-state index < -0.39 is 53.0 Å². The molecule has 2 aliphatic rings. The fourth-order valence-electron chi connectivity index (χ4n) is 4.96. The lowest BCUT2D eigenvalue weighted by Crippen LogP contribution is -2.34. The van der Waals surface area contributed by atoms with Crippen molar-refractivity contribution in [1.29, 1.82) is 0 Å². The van der Waals surface area contributed by atoms with E-state index in [0.29, 0.717) is 25.0 Å². The minimum atomic E-state index is -4.03. The van der Waals surface area contributed by atoms with Crippen molar-refractivity contribution in [3.63, 3.8) is 0 Å². The Bertz CT molecular complexity index is 978. The minimum Gasteiger partial charge on any atom is -0.348 e. The maximum Gasteiger partial charge on any atom is 0.282 e. The van der Waals surface area contributed by atoms with Crippen molar-refractivity contribution in [2.45, 2.75) is 58.2 Å². The molecule has 0 unspecified atom stereocenters. The van der Waals surface area contributed by atoms with E-state index in [2.05, 4.69) is 6.92 Å². The van der Waals surface area contributed by atoms with Crippen LogP contribution >= 0.6 is 0 Å². The molecule has 1 saturated carbocycles. The lowest BCUT2D eigenvalue weighted by atomic mass is 9.76. The van der Waals surface area contributed by atoms with Gasteiger partial charge in [-0.15, -0.1) is 0 Å². The van der Waals surface area contributed by atoms with Crippen molar-refractivity contribution in [3.05, 3.63) is 69.8 Å². The average Bonchev–Trinajstić information content (AvgIpc) is 2.77. The molecule has 186 valence electrons. The molecule has 0 N–H and O–H groups in total. The summed E-state index contributed by atoms with van der Waals surface area (Å²) in [5.74, 6) is -7.60. The van der Waals surface area contributed by atoms with Crippen LogP contribution in [-0.4, -0.2) is 13.2 Å². The van der Waals surface area contributed by atoms with Gasteiger partial charge in [0.2, 0.25) is 0 Å². The molecule has 2 nitrogen and oxygen atoms in total. The summed E-state index contributed by atoms with van der Waals surface area (Å²) >= 11 is 0. The molecule has 34 heavy (non-hydrogen) atoms. The maximum atomic E-state index is 14.8. The van der Waals surface area contributed by atoms with Gasteiger partial charge in [0.1, 0.15) is 23.3 Å². The quantitative estimate of drug-likeness (QED) is 0.411. The summed E-state index contributed by atoms with van der Waals surface area (Å²) in [6, 6.07) is 3.03. The topological polar surface area (TPSA) is 18.5 Å². The van der Waals surface area contributed by atoms with Crippen LogP contribution in [0.25, 0.3) is 0 Å². The summed E-state index contributed by atoms with van der Waals surface area (Å²) in [6.45, 7) is 4.14. The molecular formula is C26H28F6O2. The second kappa shape index (κ2) is 9.90. The first-order valence-corrected chi connectivity index (χ1v) is 11.6. The van der Waals surface area contributed by atoms with Crippen LogP contribution in [0.3, 0.4) is 0 Å². The third-order valence-corrected chi connectivity index (χ3v) is 7.12. The number of hydrogen-bond donors (Lipinski definition) is 0. The van der Waals surface area contributed by atoms with Gasteiger partial charge in [0, 0.05) is 23.5 Å². The molecular weight excluding hydrogens is 458 g/mol. The smallest absolute Gasteiger partial charge is 0.282 e. The van der Waals surface area contributed by atoms with Crippen molar-refractivity contribution in [2.24, 2.45) is 17.8 Å². The van der Waals surface area contributed by atoms with Gasteiger partial charge in [0.15, 0.2) is 6.29 Å². The fourth-order valence-corrected chi connectivity index (χ4v) is 4.96. The van der Waals surface area contributed by atoms with Gasteiger partial charge in [0.25, 0.3) is 5.92 Å². The first kappa shape index (κ1) is 25.0. The highest BCUT2D eigenvalue weighted by Crippen LogP contribution is 2.40. The largest absolute Gasteiger partial charge is 0.348 e. The molecule has 1 heterocycles. The van der Waals surface area contributed by atoms with E-state index >= 15 is 0 Å². The highest BCUT2D eigenvalue weighted by Gasteiger charge is 2.40. The van der Waals surface area contributed by atoms with E-state index in [1.807, 2.05) is 0 Å². The molecule has 1 aliphatic heterocycles. The molecule has 4 rings (SSSR count). The number of halogens is 6. The Kier molecular flexibility index (Phi) is 7.29. The van der Waals surface area contributed by atoms with Gasteiger partial charge in [-0.05, 0) is 61.4 Å². The zero-order valence-electron chi connectivity index (χ0n) is 19.2. The standard InChI is InChI=1S/C26H28F6O2/c1-14-3-5-17(6-4-14)19-12-33-25(34-13-19)18-9-22(29)24(23(30)10-18)26(31,32)11-16-7-20(27)15(2)21(28)8-16/h7-10,14,17,19,25H,3-6,11-13H2,1-2H3. The van der Waals surface area contributed by atoms with Crippen LogP contribution in [0.5, 0.6) is 0 Å². The lowest BCUT2D eigenvalue weighted by molar-refractivity contribution is -0.215. The molecule has 0 spiro atoms. The van der Waals surface area contributed by atoms with Gasteiger partial charge >= 0.3 is 0 Å². The SMILES string of the molecule is Cc1c(F)cc(CC(F)(F)c2c(F)cc(C3OCC(C4CCC(C)CC4)CO3)cc2F)cc1F. The van der Waals surface area contributed by atoms with Crippen molar-refractivity contribution in [1.82, 2.24) is 0 Å². The van der Waals surface area contributed by atoms with E-state index in [1.165, 1.54) is 0 Å². The number of benzene rings is 2. The summed E-state index contributed by atoms with van der Waals surface area (Å²) < 4.78 is 97.9. The molecule has 2 aromatic carbocycles. The number of hydrogen-bond acceptors (Lipinski definition) is 2. The molecule has 1 aliphatic carbocycles. The van der Waals surface area contributed by atoms with Gasteiger partial charge in [-0.2, -0.15) is 0 Å². The molecule has 2 aromatic rings. The summed E-state index contributed by atoms with van der Waals surface area (Å²) in [5.41, 5.74) is -2.21. The van der Waals surface area contributed by atoms with E-state index in [-0.39, 0.29) is 17.0 Å². The van der Waals surface area contributed by atoms with Crippen molar-refractivity contribution in [3.8, 4) is 0 Å². The van der Waals surface area contributed by atoms with Crippen LogP contribution in [0.15, 0.2) is 24.3 Å².